The summed E-state index contributed by atoms with van der Waals surface area (Å²) >= 11 is 0. The SMILES string of the molecule is Cc1ccc(CCC(=O)Nc2ccc(S(=O)(=O)N3CCOCC3)cc2)cc1C. The van der Waals surface area contributed by atoms with Gasteiger partial charge in [-0.1, -0.05) is 18.2 Å². The summed E-state index contributed by atoms with van der Waals surface area (Å²) in [7, 11) is -3.52. The third-order valence-corrected chi connectivity index (χ3v) is 6.87. The third kappa shape index (κ3) is 4.98. The number of sulfonamides is 1. The second kappa shape index (κ2) is 8.86. The first-order valence-corrected chi connectivity index (χ1v) is 10.8. The zero-order valence-electron chi connectivity index (χ0n) is 16.3. The quantitative estimate of drug-likeness (QED) is 0.806. The second-order valence-electron chi connectivity index (χ2n) is 7.01. The molecule has 0 unspecified atom stereocenters. The fourth-order valence-corrected chi connectivity index (χ4v) is 4.49. The molecule has 3 rings (SSSR count). The molecule has 0 aliphatic carbocycles. The topological polar surface area (TPSA) is 75.7 Å². The number of amides is 1. The maximum absolute atomic E-state index is 12.6. The van der Waals surface area contributed by atoms with Crippen molar-refractivity contribution >= 4 is 21.6 Å². The number of aryl methyl sites for hydroxylation is 3. The Balaban J connectivity index is 1.57. The Morgan fingerprint density at radius 3 is 2.36 bits per heavy atom. The van der Waals surface area contributed by atoms with Gasteiger partial charge >= 0.3 is 0 Å². The first-order valence-electron chi connectivity index (χ1n) is 9.40. The van der Waals surface area contributed by atoms with E-state index in [9.17, 15) is 13.2 Å². The minimum Gasteiger partial charge on any atom is -0.379 e. The summed E-state index contributed by atoms with van der Waals surface area (Å²) in [5.74, 6) is -0.0954. The number of morpholine rings is 1. The van der Waals surface area contributed by atoms with E-state index in [2.05, 4.69) is 31.3 Å². The van der Waals surface area contributed by atoms with Gasteiger partial charge in [-0.25, -0.2) is 8.42 Å². The molecule has 1 amide bonds. The molecule has 0 spiro atoms. The minimum absolute atomic E-state index is 0.0954. The molecular weight excluding hydrogens is 376 g/mol. The number of hydrogen-bond donors (Lipinski definition) is 1. The van der Waals surface area contributed by atoms with Crippen LogP contribution in [0.3, 0.4) is 0 Å². The van der Waals surface area contributed by atoms with Crippen molar-refractivity contribution in [1.29, 1.82) is 0 Å². The Bertz CT molecular complexity index is 933. The van der Waals surface area contributed by atoms with Crippen molar-refractivity contribution in [2.75, 3.05) is 31.6 Å². The van der Waals surface area contributed by atoms with Crippen molar-refractivity contribution in [3.8, 4) is 0 Å². The molecule has 0 bridgehead atoms. The van der Waals surface area contributed by atoms with Crippen LogP contribution in [-0.4, -0.2) is 44.9 Å². The van der Waals surface area contributed by atoms with Crippen molar-refractivity contribution in [1.82, 2.24) is 4.31 Å². The first-order chi connectivity index (χ1) is 13.4. The van der Waals surface area contributed by atoms with Crippen LogP contribution in [0.1, 0.15) is 23.1 Å². The summed E-state index contributed by atoms with van der Waals surface area (Å²) < 4.78 is 31.9. The number of rotatable bonds is 6. The molecule has 1 fully saturated rings. The predicted molar refractivity (Wildman–Crippen MR) is 109 cm³/mol. The number of carbonyl (C=O) groups is 1. The fourth-order valence-electron chi connectivity index (χ4n) is 3.09. The Morgan fingerprint density at radius 1 is 1.04 bits per heavy atom. The first kappa shape index (κ1) is 20.5. The molecule has 0 aromatic heterocycles. The molecule has 1 N–H and O–H groups in total. The van der Waals surface area contributed by atoms with Crippen LogP contribution in [0.25, 0.3) is 0 Å². The van der Waals surface area contributed by atoms with Gasteiger partial charge in [0.2, 0.25) is 15.9 Å². The van der Waals surface area contributed by atoms with Crippen molar-refractivity contribution in [3.63, 3.8) is 0 Å². The molecule has 1 saturated heterocycles. The second-order valence-corrected chi connectivity index (χ2v) is 8.95. The minimum atomic E-state index is -3.52. The highest BCUT2D eigenvalue weighted by molar-refractivity contribution is 7.89. The predicted octanol–water partition coefficient (Wildman–Crippen LogP) is 2.90. The zero-order chi connectivity index (χ0) is 20.1. The monoisotopic (exact) mass is 402 g/mol. The molecule has 150 valence electrons. The van der Waals surface area contributed by atoms with Crippen LogP contribution in [-0.2, 0) is 26.0 Å². The van der Waals surface area contributed by atoms with Crippen molar-refractivity contribution in [2.24, 2.45) is 0 Å². The Morgan fingerprint density at radius 2 is 1.71 bits per heavy atom. The van der Waals surface area contributed by atoms with E-state index in [0.29, 0.717) is 44.8 Å². The van der Waals surface area contributed by atoms with Crippen LogP contribution in [0.5, 0.6) is 0 Å². The van der Waals surface area contributed by atoms with Crippen LogP contribution < -0.4 is 5.32 Å². The van der Waals surface area contributed by atoms with E-state index in [4.69, 9.17) is 4.74 Å². The van der Waals surface area contributed by atoms with Crippen molar-refractivity contribution in [3.05, 3.63) is 59.2 Å². The molecule has 1 heterocycles. The Hall–Kier alpha value is -2.22. The number of anilines is 1. The summed E-state index contributed by atoms with van der Waals surface area (Å²) in [5.41, 5.74) is 4.17. The van der Waals surface area contributed by atoms with Gasteiger partial charge in [-0.05, 0) is 61.2 Å². The van der Waals surface area contributed by atoms with E-state index >= 15 is 0 Å². The molecule has 0 saturated carbocycles. The summed E-state index contributed by atoms with van der Waals surface area (Å²) in [4.78, 5) is 12.4. The summed E-state index contributed by atoms with van der Waals surface area (Å²) in [6.07, 6.45) is 1.03. The smallest absolute Gasteiger partial charge is 0.243 e. The lowest BCUT2D eigenvalue weighted by Gasteiger charge is -2.26. The zero-order valence-corrected chi connectivity index (χ0v) is 17.1. The van der Waals surface area contributed by atoms with Crippen LogP contribution in [0, 0.1) is 13.8 Å². The van der Waals surface area contributed by atoms with Crippen LogP contribution in [0.15, 0.2) is 47.4 Å². The highest BCUT2D eigenvalue weighted by atomic mass is 32.2. The number of carbonyl (C=O) groups excluding carboxylic acids is 1. The summed E-state index contributed by atoms with van der Waals surface area (Å²) in [6, 6.07) is 12.5. The maximum atomic E-state index is 12.6. The lowest BCUT2D eigenvalue weighted by molar-refractivity contribution is -0.116. The summed E-state index contributed by atoms with van der Waals surface area (Å²) in [5, 5.41) is 2.83. The van der Waals surface area contributed by atoms with E-state index in [1.165, 1.54) is 27.6 Å². The average Bonchev–Trinajstić information content (AvgIpc) is 2.70. The van der Waals surface area contributed by atoms with Crippen LogP contribution >= 0.6 is 0 Å². The van der Waals surface area contributed by atoms with Crippen LogP contribution in [0.4, 0.5) is 5.69 Å². The highest BCUT2D eigenvalue weighted by Gasteiger charge is 2.26. The summed E-state index contributed by atoms with van der Waals surface area (Å²) in [6.45, 7) is 5.67. The Kier molecular flexibility index (Phi) is 6.49. The molecule has 1 aliphatic heterocycles. The van der Waals surface area contributed by atoms with Gasteiger partial charge in [0.1, 0.15) is 0 Å². The molecule has 1 aliphatic rings. The van der Waals surface area contributed by atoms with Gasteiger partial charge < -0.3 is 10.1 Å². The number of ether oxygens (including phenoxy) is 1. The van der Waals surface area contributed by atoms with E-state index < -0.39 is 10.0 Å². The standard InChI is InChI=1S/C21H26N2O4S/c1-16-3-4-18(15-17(16)2)5-10-21(24)22-19-6-8-20(9-7-19)28(25,26)23-11-13-27-14-12-23/h3-4,6-9,15H,5,10-14H2,1-2H3,(H,22,24). The molecule has 2 aromatic rings. The maximum Gasteiger partial charge on any atom is 0.243 e. The molecular formula is C21H26N2O4S. The molecule has 6 nitrogen and oxygen atoms in total. The van der Waals surface area contributed by atoms with Crippen molar-refractivity contribution < 1.29 is 17.9 Å². The number of nitrogens with one attached hydrogen (secondary N) is 1. The molecule has 28 heavy (non-hydrogen) atoms. The average molecular weight is 403 g/mol. The molecule has 0 atom stereocenters. The van der Waals surface area contributed by atoms with Gasteiger partial charge in [-0.15, -0.1) is 0 Å². The van der Waals surface area contributed by atoms with Gasteiger partial charge in [0.05, 0.1) is 18.1 Å². The van der Waals surface area contributed by atoms with Crippen LogP contribution in [0.2, 0.25) is 0 Å². The third-order valence-electron chi connectivity index (χ3n) is 4.96. The Labute approximate surface area is 166 Å². The van der Waals surface area contributed by atoms with Gasteiger partial charge in [0.15, 0.2) is 0 Å². The van der Waals surface area contributed by atoms with E-state index in [1.807, 2.05) is 6.07 Å². The van der Waals surface area contributed by atoms with Gasteiger partial charge in [0.25, 0.3) is 0 Å². The van der Waals surface area contributed by atoms with E-state index in [-0.39, 0.29) is 10.8 Å². The number of nitrogens with zero attached hydrogens (tertiary/aromatic N) is 1. The number of hydrogen-bond acceptors (Lipinski definition) is 4. The fraction of sp³-hybridized carbons (Fsp3) is 0.381. The van der Waals surface area contributed by atoms with Crippen molar-refractivity contribution in [2.45, 2.75) is 31.6 Å². The highest BCUT2D eigenvalue weighted by Crippen LogP contribution is 2.20. The van der Waals surface area contributed by atoms with Gasteiger partial charge in [-0.3, -0.25) is 4.79 Å². The molecule has 2 aromatic carbocycles. The lowest BCUT2D eigenvalue weighted by Crippen LogP contribution is -2.40. The molecule has 0 radical (unpaired) electrons. The largest absolute Gasteiger partial charge is 0.379 e. The van der Waals surface area contributed by atoms with E-state index in [1.54, 1.807) is 12.1 Å². The van der Waals surface area contributed by atoms with Gasteiger partial charge in [0, 0.05) is 25.2 Å². The number of benzene rings is 2. The van der Waals surface area contributed by atoms with Gasteiger partial charge in [-0.2, -0.15) is 4.31 Å². The molecule has 7 heteroatoms. The van der Waals surface area contributed by atoms with E-state index in [0.717, 1.165) is 5.56 Å². The lowest BCUT2D eigenvalue weighted by atomic mass is 10.0. The normalized spacial score (nSPS) is 15.4.